The Kier molecular flexibility index (Phi) is 2.73. The largest absolute Gasteiger partial charge is 0.301 e. The quantitative estimate of drug-likeness (QED) is 0.683. The van der Waals surface area contributed by atoms with Gasteiger partial charge in [-0.25, -0.2) is 0 Å². The Hall–Kier alpha value is -0.0800. The summed E-state index contributed by atoms with van der Waals surface area (Å²) in [5.74, 6) is 2.17. The maximum Gasteiger partial charge on any atom is 0.0127 e. The molecule has 3 atom stereocenters. The fourth-order valence-electron chi connectivity index (χ4n) is 4.07. The first-order chi connectivity index (χ1) is 7.36. The molecule has 15 heavy (non-hydrogen) atoms. The molecule has 2 bridgehead atoms. The zero-order valence-electron chi connectivity index (χ0n) is 9.99. The monoisotopic (exact) mass is 208 g/mol. The number of rotatable bonds is 2. The Morgan fingerprint density at radius 2 is 1.80 bits per heavy atom. The summed E-state index contributed by atoms with van der Waals surface area (Å²) in [4.78, 5) is 5.39. The molecule has 0 aromatic carbocycles. The fraction of sp³-hybridized carbons (Fsp3) is 1.00. The van der Waals surface area contributed by atoms with Gasteiger partial charge >= 0.3 is 0 Å². The Morgan fingerprint density at radius 3 is 2.33 bits per heavy atom. The zero-order valence-corrected chi connectivity index (χ0v) is 9.99. The summed E-state index contributed by atoms with van der Waals surface area (Å²) in [5, 5.41) is 0. The van der Waals surface area contributed by atoms with Gasteiger partial charge in [-0.05, 0) is 37.6 Å². The molecule has 2 nitrogen and oxygen atoms in total. The number of hydrogen-bond donors (Lipinski definition) is 0. The van der Waals surface area contributed by atoms with Crippen LogP contribution in [0.4, 0.5) is 0 Å². The van der Waals surface area contributed by atoms with Crippen LogP contribution in [0.15, 0.2) is 0 Å². The molecule has 0 unspecified atom stereocenters. The molecule has 0 radical (unpaired) electrons. The van der Waals surface area contributed by atoms with Crippen LogP contribution in [0.2, 0.25) is 0 Å². The average Bonchev–Trinajstić information content (AvgIpc) is 2.91. The summed E-state index contributed by atoms with van der Waals surface area (Å²) in [6.45, 7) is 8.82. The molecule has 1 aliphatic heterocycles. The molecule has 86 valence electrons. The van der Waals surface area contributed by atoms with E-state index < -0.39 is 0 Å². The van der Waals surface area contributed by atoms with Crippen LogP contribution in [0, 0.1) is 11.8 Å². The van der Waals surface area contributed by atoms with Crippen LogP contribution in [0.1, 0.15) is 32.6 Å². The summed E-state index contributed by atoms with van der Waals surface area (Å²) in [6, 6.07) is 0.975. The Morgan fingerprint density at radius 1 is 1.00 bits per heavy atom. The average molecular weight is 208 g/mol. The number of likely N-dealkylation sites (N-methyl/N-ethyl adjacent to an activating group) is 1. The predicted molar refractivity (Wildman–Crippen MR) is 62.9 cm³/mol. The van der Waals surface area contributed by atoms with Crippen LogP contribution in [-0.4, -0.2) is 48.6 Å². The first-order valence-corrected chi connectivity index (χ1v) is 6.83. The molecule has 0 amide bonds. The summed E-state index contributed by atoms with van der Waals surface area (Å²) < 4.78 is 0. The smallest absolute Gasteiger partial charge is 0.0127 e. The molecule has 3 fully saturated rings. The van der Waals surface area contributed by atoms with E-state index in [0.717, 1.165) is 17.9 Å². The third-order valence-electron chi connectivity index (χ3n) is 5.02. The van der Waals surface area contributed by atoms with E-state index in [0.29, 0.717) is 0 Å². The number of hydrogen-bond acceptors (Lipinski definition) is 2. The molecule has 3 aliphatic rings. The predicted octanol–water partition coefficient (Wildman–Crippen LogP) is 1.81. The molecule has 2 aliphatic carbocycles. The van der Waals surface area contributed by atoms with E-state index in [1.54, 1.807) is 6.42 Å². The molecule has 1 saturated heterocycles. The van der Waals surface area contributed by atoms with Crippen molar-refractivity contribution in [3.05, 3.63) is 0 Å². The van der Waals surface area contributed by atoms with Gasteiger partial charge in [0.2, 0.25) is 0 Å². The molecule has 2 saturated carbocycles. The van der Waals surface area contributed by atoms with Gasteiger partial charge in [0, 0.05) is 32.2 Å². The van der Waals surface area contributed by atoms with Crippen molar-refractivity contribution in [3.8, 4) is 0 Å². The fourth-order valence-corrected chi connectivity index (χ4v) is 4.07. The Labute approximate surface area is 93.6 Å². The van der Waals surface area contributed by atoms with Gasteiger partial charge in [-0.15, -0.1) is 0 Å². The van der Waals surface area contributed by atoms with Crippen molar-refractivity contribution in [1.82, 2.24) is 9.80 Å². The van der Waals surface area contributed by atoms with Crippen LogP contribution in [0.5, 0.6) is 0 Å². The van der Waals surface area contributed by atoms with Gasteiger partial charge in [-0.2, -0.15) is 0 Å². The molecule has 2 heteroatoms. The highest BCUT2D eigenvalue weighted by Crippen LogP contribution is 2.46. The minimum Gasteiger partial charge on any atom is -0.301 e. The minimum absolute atomic E-state index is 0.975. The lowest BCUT2D eigenvalue weighted by molar-refractivity contribution is 0.0737. The van der Waals surface area contributed by atoms with Gasteiger partial charge < -0.3 is 4.90 Å². The van der Waals surface area contributed by atoms with Gasteiger partial charge in [0.25, 0.3) is 0 Å². The lowest BCUT2D eigenvalue weighted by atomic mass is 9.93. The zero-order chi connectivity index (χ0) is 10.3. The summed E-state index contributed by atoms with van der Waals surface area (Å²) in [6.07, 6.45) is 6.15. The van der Waals surface area contributed by atoms with Gasteiger partial charge in [0.15, 0.2) is 0 Å². The minimum atomic E-state index is 0.975. The molecule has 0 aromatic rings. The van der Waals surface area contributed by atoms with Gasteiger partial charge in [0.05, 0.1) is 0 Å². The summed E-state index contributed by atoms with van der Waals surface area (Å²) in [5.41, 5.74) is 0. The molecular formula is C13H24N2. The normalized spacial score (nSPS) is 42.6. The Bertz CT molecular complexity index is 221. The van der Waals surface area contributed by atoms with E-state index in [1.165, 1.54) is 52.0 Å². The third kappa shape index (κ3) is 1.83. The first kappa shape index (κ1) is 10.1. The van der Waals surface area contributed by atoms with Crippen molar-refractivity contribution in [3.63, 3.8) is 0 Å². The van der Waals surface area contributed by atoms with Crippen LogP contribution in [-0.2, 0) is 0 Å². The van der Waals surface area contributed by atoms with E-state index in [1.807, 2.05) is 0 Å². The topological polar surface area (TPSA) is 6.48 Å². The van der Waals surface area contributed by atoms with Crippen LogP contribution in [0.3, 0.4) is 0 Å². The van der Waals surface area contributed by atoms with E-state index in [-0.39, 0.29) is 0 Å². The second kappa shape index (κ2) is 4.06. The number of piperazine rings is 1. The maximum atomic E-state index is 2.80. The van der Waals surface area contributed by atoms with Crippen LogP contribution >= 0.6 is 0 Å². The number of fused-ring (bicyclic) bond motifs is 2. The van der Waals surface area contributed by atoms with Crippen molar-refractivity contribution in [2.75, 3.05) is 32.7 Å². The van der Waals surface area contributed by atoms with E-state index >= 15 is 0 Å². The highest BCUT2D eigenvalue weighted by atomic mass is 15.3. The molecule has 3 rings (SSSR count). The van der Waals surface area contributed by atoms with Crippen molar-refractivity contribution >= 4 is 0 Å². The standard InChI is InChI=1S/C13H24N2/c1-2-14-5-7-15(8-6-14)13-10-11-3-4-12(13)9-11/h11-13H,2-10H2,1H3/t11-,12+,13-/m0/s1. The van der Waals surface area contributed by atoms with Gasteiger partial charge in [0.1, 0.15) is 0 Å². The van der Waals surface area contributed by atoms with Crippen molar-refractivity contribution in [2.45, 2.75) is 38.6 Å². The Balaban J connectivity index is 1.56. The second-order valence-corrected chi connectivity index (χ2v) is 5.71. The van der Waals surface area contributed by atoms with Gasteiger partial charge in [-0.1, -0.05) is 13.3 Å². The van der Waals surface area contributed by atoms with Crippen LogP contribution < -0.4 is 0 Å². The summed E-state index contributed by atoms with van der Waals surface area (Å²) >= 11 is 0. The molecule has 0 spiro atoms. The first-order valence-electron chi connectivity index (χ1n) is 6.83. The SMILES string of the molecule is CCN1CCN([C@H]2C[C@H]3CC[C@@H]2C3)CC1. The molecule has 0 N–H and O–H groups in total. The highest BCUT2D eigenvalue weighted by molar-refractivity contribution is 4.96. The molecule has 1 heterocycles. The van der Waals surface area contributed by atoms with E-state index in [9.17, 15) is 0 Å². The van der Waals surface area contributed by atoms with E-state index in [2.05, 4.69) is 16.7 Å². The lowest BCUT2D eigenvalue weighted by Gasteiger charge is -2.40. The van der Waals surface area contributed by atoms with Crippen molar-refractivity contribution in [2.24, 2.45) is 11.8 Å². The van der Waals surface area contributed by atoms with Crippen LogP contribution in [0.25, 0.3) is 0 Å². The van der Waals surface area contributed by atoms with Crippen molar-refractivity contribution in [1.29, 1.82) is 0 Å². The van der Waals surface area contributed by atoms with Crippen molar-refractivity contribution < 1.29 is 0 Å². The number of nitrogens with zero attached hydrogens (tertiary/aromatic N) is 2. The second-order valence-electron chi connectivity index (χ2n) is 5.71. The van der Waals surface area contributed by atoms with Gasteiger partial charge in [-0.3, -0.25) is 4.90 Å². The maximum absolute atomic E-state index is 2.80. The molecular weight excluding hydrogens is 184 g/mol. The highest BCUT2D eigenvalue weighted by Gasteiger charge is 2.42. The lowest BCUT2D eigenvalue weighted by Crippen LogP contribution is -2.51. The third-order valence-corrected chi connectivity index (χ3v) is 5.02. The molecule has 0 aromatic heterocycles. The van der Waals surface area contributed by atoms with E-state index in [4.69, 9.17) is 0 Å². The summed E-state index contributed by atoms with van der Waals surface area (Å²) in [7, 11) is 0.